The van der Waals surface area contributed by atoms with Gasteiger partial charge in [-0.05, 0) is 73.8 Å². The minimum absolute atomic E-state index is 0.00199. The van der Waals surface area contributed by atoms with Crippen LogP contribution in [-0.4, -0.2) is 24.1 Å². The second-order valence-electron chi connectivity index (χ2n) is 9.52. The summed E-state index contributed by atoms with van der Waals surface area (Å²) >= 11 is 0. The first kappa shape index (κ1) is 18.6. The zero-order valence-electron chi connectivity index (χ0n) is 16.6. The van der Waals surface area contributed by atoms with Crippen molar-refractivity contribution < 1.29 is 19.1 Å². The fourth-order valence-corrected chi connectivity index (χ4v) is 7.00. The highest BCUT2D eigenvalue weighted by Gasteiger charge is 2.59. The number of hydrogen-bond acceptors (Lipinski definition) is 4. The smallest absolute Gasteiger partial charge is 0.303 e. The predicted octanol–water partition coefficient (Wildman–Crippen LogP) is 4.04. The molecule has 0 aromatic heterocycles. The van der Waals surface area contributed by atoms with Crippen molar-refractivity contribution in [3.05, 3.63) is 23.8 Å². The Morgan fingerprint density at radius 2 is 1.93 bits per heavy atom. The van der Waals surface area contributed by atoms with E-state index in [-0.39, 0.29) is 40.9 Å². The van der Waals surface area contributed by atoms with Crippen LogP contribution < -0.4 is 0 Å². The van der Waals surface area contributed by atoms with Crippen LogP contribution in [0.15, 0.2) is 23.8 Å². The summed E-state index contributed by atoms with van der Waals surface area (Å²) in [6, 6.07) is 0. The Bertz CT molecular complexity index is 747. The van der Waals surface area contributed by atoms with Gasteiger partial charge in [-0.15, -0.1) is 0 Å². The van der Waals surface area contributed by atoms with Crippen molar-refractivity contribution in [2.24, 2.45) is 34.5 Å². The third-order valence-corrected chi connectivity index (χ3v) is 8.36. The highest BCUT2D eigenvalue weighted by Crippen LogP contribution is 2.66. The van der Waals surface area contributed by atoms with Crippen molar-refractivity contribution in [1.82, 2.24) is 0 Å². The molecule has 27 heavy (non-hydrogen) atoms. The van der Waals surface area contributed by atoms with Gasteiger partial charge in [0.2, 0.25) is 0 Å². The Balaban J connectivity index is 1.56. The van der Waals surface area contributed by atoms with Crippen molar-refractivity contribution >= 4 is 17.5 Å². The number of carbonyl (C=O) groups excluding carboxylic acids is 3. The Morgan fingerprint density at radius 3 is 2.67 bits per heavy atom. The molecule has 0 spiro atoms. The first-order valence-corrected chi connectivity index (χ1v) is 10.4. The maximum absolute atomic E-state index is 12.8. The number of esters is 1. The van der Waals surface area contributed by atoms with E-state index in [0.29, 0.717) is 17.8 Å². The normalized spacial score (nSPS) is 42.6. The molecule has 0 aliphatic heterocycles. The van der Waals surface area contributed by atoms with E-state index in [0.717, 1.165) is 38.5 Å². The first-order chi connectivity index (χ1) is 12.8. The molecule has 0 aromatic rings. The summed E-state index contributed by atoms with van der Waals surface area (Å²) in [5.41, 5.74) is 1.32. The third-order valence-electron chi connectivity index (χ3n) is 8.36. The predicted molar refractivity (Wildman–Crippen MR) is 102 cm³/mol. The van der Waals surface area contributed by atoms with E-state index in [9.17, 15) is 14.4 Å². The number of fused-ring (bicyclic) bond motifs is 5. The van der Waals surface area contributed by atoms with Crippen LogP contribution in [0.1, 0.15) is 59.3 Å². The first-order valence-electron chi connectivity index (χ1n) is 10.4. The highest BCUT2D eigenvalue weighted by atomic mass is 16.5. The highest BCUT2D eigenvalue weighted by molar-refractivity contribution is 6.01. The van der Waals surface area contributed by atoms with Crippen LogP contribution >= 0.6 is 0 Å². The molecule has 146 valence electrons. The number of ether oxygens (including phenoxy) is 1. The number of rotatable bonds is 3. The third kappa shape index (κ3) is 2.83. The van der Waals surface area contributed by atoms with Crippen LogP contribution in [0.5, 0.6) is 0 Å². The van der Waals surface area contributed by atoms with Gasteiger partial charge in [-0.1, -0.05) is 25.5 Å². The maximum atomic E-state index is 12.8. The molecule has 0 bridgehead atoms. The number of carbonyl (C=O) groups is 3. The molecule has 4 unspecified atom stereocenters. The van der Waals surface area contributed by atoms with E-state index in [4.69, 9.17) is 4.74 Å². The number of hydrogen-bond donors (Lipinski definition) is 0. The van der Waals surface area contributed by atoms with E-state index < -0.39 is 0 Å². The lowest BCUT2D eigenvalue weighted by Gasteiger charge is -2.56. The molecule has 0 saturated heterocycles. The van der Waals surface area contributed by atoms with Gasteiger partial charge in [0.1, 0.15) is 6.61 Å². The van der Waals surface area contributed by atoms with E-state index in [1.54, 1.807) is 6.08 Å². The minimum atomic E-state index is -0.384. The zero-order chi connectivity index (χ0) is 19.4. The molecule has 3 fully saturated rings. The van der Waals surface area contributed by atoms with Gasteiger partial charge in [0.25, 0.3) is 0 Å². The SMILES string of the molecule is CC(=O)OCC(=O)C1CCC2C3CCC4=CC(=O)C=C[C@]4(C)C3CC[C@]12C. The minimum Gasteiger partial charge on any atom is -0.458 e. The summed E-state index contributed by atoms with van der Waals surface area (Å²) in [4.78, 5) is 35.7. The summed E-state index contributed by atoms with van der Waals surface area (Å²) in [5, 5.41) is 0. The molecule has 4 aliphatic carbocycles. The number of allylic oxidation sites excluding steroid dienone is 4. The molecule has 0 amide bonds. The Hall–Kier alpha value is -1.71. The molecule has 4 nitrogen and oxygen atoms in total. The Kier molecular flexibility index (Phi) is 4.44. The van der Waals surface area contributed by atoms with Crippen LogP contribution in [0, 0.1) is 34.5 Å². The van der Waals surface area contributed by atoms with Crippen LogP contribution in [-0.2, 0) is 19.1 Å². The number of ketones is 2. The van der Waals surface area contributed by atoms with Gasteiger partial charge in [0.05, 0.1) is 0 Å². The van der Waals surface area contributed by atoms with Crippen LogP contribution in [0.25, 0.3) is 0 Å². The molecule has 4 aliphatic rings. The monoisotopic (exact) mass is 370 g/mol. The quantitative estimate of drug-likeness (QED) is 0.704. The topological polar surface area (TPSA) is 60.4 Å². The zero-order valence-corrected chi connectivity index (χ0v) is 16.6. The average Bonchev–Trinajstić information content (AvgIpc) is 2.97. The van der Waals surface area contributed by atoms with Gasteiger partial charge in [-0.3, -0.25) is 14.4 Å². The second-order valence-corrected chi connectivity index (χ2v) is 9.52. The molecule has 3 saturated carbocycles. The molecule has 4 heteroatoms. The molecular weight excluding hydrogens is 340 g/mol. The summed E-state index contributed by atoms with van der Waals surface area (Å²) < 4.78 is 5.01. The Morgan fingerprint density at radius 1 is 1.15 bits per heavy atom. The fourth-order valence-electron chi connectivity index (χ4n) is 7.00. The summed E-state index contributed by atoms with van der Waals surface area (Å²) in [5.74, 6) is 1.56. The lowest BCUT2D eigenvalue weighted by atomic mass is 9.47. The summed E-state index contributed by atoms with van der Waals surface area (Å²) in [6.45, 7) is 5.88. The van der Waals surface area contributed by atoms with Crippen molar-refractivity contribution in [3.8, 4) is 0 Å². The van der Waals surface area contributed by atoms with Crippen molar-refractivity contribution in [2.45, 2.75) is 59.3 Å². The van der Waals surface area contributed by atoms with E-state index >= 15 is 0 Å². The van der Waals surface area contributed by atoms with Crippen LogP contribution in [0.3, 0.4) is 0 Å². The molecule has 6 atom stereocenters. The van der Waals surface area contributed by atoms with Crippen molar-refractivity contribution in [1.29, 1.82) is 0 Å². The molecule has 0 radical (unpaired) electrons. The maximum Gasteiger partial charge on any atom is 0.303 e. The van der Waals surface area contributed by atoms with Gasteiger partial charge in [0, 0.05) is 18.3 Å². The lowest BCUT2D eigenvalue weighted by Crippen LogP contribution is -2.50. The van der Waals surface area contributed by atoms with Crippen molar-refractivity contribution in [3.63, 3.8) is 0 Å². The molecular formula is C23H30O4. The van der Waals surface area contributed by atoms with Gasteiger partial charge >= 0.3 is 5.97 Å². The van der Waals surface area contributed by atoms with Gasteiger partial charge in [-0.25, -0.2) is 0 Å². The standard InChI is InChI=1S/C23H30O4/c1-14(24)27-13-21(26)20-7-6-18-17-5-4-15-12-16(25)8-10-22(15,2)19(17)9-11-23(18,20)3/h8,10,12,17-20H,4-7,9,11,13H2,1-3H3/t17?,18?,19?,20?,22-,23-/m0/s1. The molecule has 0 heterocycles. The van der Waals surface area contributed by atoms with Gasteiger partial charge in [-0.2, -0.15) is 0 Å². The average molecular weight is 370 g/mol. The molecule has 0 N–H and O–H groups in total. The van der Waals surface area contributed by atoms with E-state index in [1.165, 1.54) is 12.5 Å². The summed E-state index contributed by atoms with van der Waals surface area (Å²) in [7, 11) is 0. The van der Waals surface area contributed by atoms with E-state index in [1.807, 2.05) is 6.08 Å². The largest absolute Gasteiger partial charge is 0.458 e. The van der Waals surface area contributed by atoms with Crippen LogP contribution in [0.2, 0.25) is 0 Å². The summed E-state index contributed by atoms with van der Waals surface area (Å²) in [6.07, 6.45) is 12.0. The van der Waals surface area contributed by atoms with Crippen molar-refractivity contribution in [2.75, 3.05) is 6.61 Å². The molecule has 0 aromatic carbocycles. The second kappa shape index (κ2) is 6.42. The lowest BCUT2D eigenvalue weighted by molar-refractivity contribution is -0.149. The molecule has 4 rings (SSSR count). The van der Waals surface area contributed by atoms with Crippen LogP contribution in [0.4, 0.5) is 0 Å². The fraction of sp³-hybridized carbons (Fsp3) is 0.696. The van der Waals surface area contributed by atoms with Gasteiger partial charge < -0.3 is 4.74 Å². The number of Topliss-reactive ketones (excluding diaryl/α,β-unsaturated/α-hetero) is 1. The van der Waals surface area contributed by atoms with Gasteiger partial charge in [0.15, 0.2) is 11.6 Å². The Labute approximate surface area is 161 Å². The van der Waals surface area contributed by atoms with E-state index in [2.05, 4.69) is 19.9 Å².